The third-order valence-corrected chi connectivity index (χ3v) is 3.55. The van der Waals surface area contributed by atoms with E-state index in [2.05, 4.69) is 18.8 Å². The van der Waals surface area contributed by atoms with Crippen LogP contribution in [0.2, 0.25) is 0 Å². The van der Waals surface area contributed by atoms with Gasteiger partial charge in [-0.05, 0) is 30.2 Å². The van der Waals surface area contributed by atoms with E-state index in [0.717, 1.165) is 10.6 Å². The average Bonchev–Trinajstić information content (AvgIpc) is 2.68. The zero-order valence-corrected chi connectivity index (χ0v) is 9.58. The van der Waals surface area contributed by atoms with Gasteiger partial charge in [0.1, 0.15) is 10.8 Å². The van der Waals surface area contributed by atoms with Crippen LogP contribution < -0.4 is 0 Å². The van der Waals surface area contributed by atoms with E-state index in [1.807, 2.05) is 18.3 Å². The monoisotopic (exact) mass is 219 g/mol. The second-order valence-electron chi connectivity index (χ2n) is 3.77. The highest BCUT2D eigenvalue weighted by Gasteiger charge is 2.06. The van der Waals surface area contributed by atoms with E-state index in [-0.39, 0.29) is 0 Å². The van der Waals surface area contributed by atoms with Crippen LogP contribution in [0.5, 0.6) is 5.75 Å². The Morgan fingerprint density at radius 1 is 1.20 bits per heavy atom. The SMILES string of the molecule is CC(C)c1cnc(-c2ccc(O)cc2)s1. The van der Waals surface area contributed by atoms with Crippen LogP contribution in [0.25, 0.3) is 10.6 Å². The van der Waals surface area contributed by atoms with Crippen molar-refractivity contribution in [3.63, 3.8) is 0 Å². The van der Waals surface area contributed by atoms with Crippen molar-refractivity contribution in [1.82, 2.24) is 4.98 Å². The summed E-state index contributed by atoms with van der Waals surface area (Å²) in [7, 11) is 0. The van der Waals surface area contributed by atoms with Gasteiger partial charge in [0.05, 0.1) is 0 Å². The summed E-state index contributed by atoms with van der Waals surface area (Å²) in [6.07, 6.45) is 1.93. The first-order valence-corrected chi connectivity index (χ1v) is 5.73. The third-order valence-electron chi connectivity index (χ3n) is 2.21. The minimum Gasteiger partial charge on any atom is -0.508 e. The summed E-state index contributed by atoms with van der Waals surface area (Å²) >= 11 is 1.71. The Balaban J connectivity index is 2.33. The summed E-state index contributed by atoms with van der Waals surface area (Å²) in [5.74, 6) is 0.813. The van der Waals surface area contributed by atoms with Gasteiger partial charge in [-0.2, -0.15) is 0 Å². The normalized spacial score (nSPS) is 10.9. The van der Waals surface area contributed by atoms with Crippen LogP contribution in [0.15, 0.2) is 30.5 Å². The van der Waals surface area contributed by atoms with Crippen molar-refractivity contribution < 1.29 is 5.11 Å². The maximum atomic E-state index is 9.18. The van der Waals surface area contributed by atoms with Gasteiger partial charge in [-0.3, -0.25) is 0 Å². The highest BCUT2D eigenvalue weighted by atomic mass is 32.1. The minimum absolute atomic E-state index is 0.291. The number of hydrogen-bond acceptors (Lipinski definition) is 3. The Bertz CT molecular complexity index is 445. The Morgan fingerprint density at radius 3 is 2.40 bits per heavy atom. The second kappa shape index (κ2) is 4.03. The van der Waals surface area contributed by atoms with Gasteiger partial charge in [0.25, 0.3) is 0 Å². The van der Waals surface area contributed by atoms with Crippen molar-refractivity contribution in [3.05, 3.63) is 35.3 Å². The largest absolute Gasteiger partial charge is 0.508 e. The molecule has 0 fully saturated rings. The number of thiazole rings is 1. The molecule has 0 spiro atoms. The van der Waals surface area contributed by atoms with Gasteiger partial charge < -0.3 is 5.11 Å². The van der Waals surface area contributed by atoms with Crippen molar-refractivity contribution in [2.45, 2.75) is 19.8 Å². The van der Waals surface area contributed by atoms with Crippen LogP contribution in [-0.2, 0) is 0 Å². The lowest BCUT2D eigenvalue weighted by molar-refractivity contribution is 0.475. The zero-order valence-electron chi connectivity index (χ0n) is 8.77. The molecule has 2 rings (SSSR count). The molecule has 1 aromatic heterocycles. The molecule has 1 aromatic carbocycles. The lowest BCUT2D eigenvalue weighted by Gasteiger charge is -1.97. The molecule has 0 amide bonds. The molecule has 1 N–H and O–H groups in total. The predicted octanol–water partition coefficient (Wildman–Crippen LogP) is 3.64. The van der Waals surface area contributed by atoms with Crippen LogP contribution in [0.4, 0.5) is 0 Å². The first-order valence-electron chi connectivity index (χ1n) is 4.92. The van der Waals surface area contributed by atoms with Crippen LogP contribution in [0, 0.1) is 0 Å². The molecule has 0 bridgehead atoms. The van der Waals surface area contributed by atoms with Crippen molar-refractivity contribution in [2.24, 2.45) is 0 Å². The quantitative estimate of drug-likeness (QED) is 0.836. The molecule has 0 saturated carbocycles. The molecule has 0 unspecified atom stereocenters. The summed E-state index contributed by atoms with van der Waals surface area (Å²) in [5.41, 5.74) is 1.06. The molecule has 3 heteroatoms. The molecule has 15 heavy (non-hydrogen) atoms. The number of rotatable bonds is 2. The number of phenolic OH excluding ortho intramolecular Hbond substituents is 1. The minimum atomic E-state index is 0.291. The van der Waals surface area contributed by atoms with Gasteiger partial charge in [-0.1, -0.05) is 13.8 Å². The highest BCUT2D eigenvalue weighted by molar-refractivity contribution is 7.15. The van der Waals surface area contributed by atoms with E-state index >= 15 is 0 Å². The number of aromatic nitrogens is 1. The first kappa shape index (κ1) is 10.2. The van der Waals surface area contributed by atoms with Crippen molar-refractivity contribution in [3.8, 4) is 16.3 Å². The van der Waals surface area contributed by atoms with E-state index < -0.39 is 0 Å². The van der Waals surface area contributed by atoms with Crippen LogP contribution >= 0.6 is 11.3 Å². The molecule has 0 atom stereocenters. The summed E-state index contributed by atoms with van der Waals surface area (Å²) in [6, 6.07) is 7.15. The molecule has 0 radical (unpaired) electrons. The third kappa shape index (κ3) is 2.18. The number of hydrogen-bond donors (Lipinski definition) is 1. The van der Waals surface area contributed by atoms with Crippen LogP contribution in [-0.4, -0.2) is 10.1 Å². The second-order valence-corrected chi connectivity index (χ2v) is 4.83. The summed E-state index contributed by atoms with van der Waals surface area (Å²) in [5, 5.41) is 10.2. The lowest BCUT2D eigenvalue weighted by Crippen LogP contribution is -1.77. The summed E-state index contributed by atoms with van der Waals surface area (Å²) < 4.78 is 0. The Morgan fingerprint density at radius 2 is 1.87 bits per heavy atom. The van der Waals surface area contributed by atoms with E-state index in [4.69, 9.17) is 0 Å². The van der Waals surface area contributed by atoms with E-state index in [0.29, 0.717) is 11.7 Å². The highest BCUT2D eigenvalue weighted by Crippen LogP contribution is 2.29. The van der Waals surface area contributed by atoms with Crippen LogP contribution in [0.3, 0.4) is 0 Å². The number of phenols is 1. The zero-order chi connectivity index (χ0) is 10.8. The lowest BCUT2D eigenvalue weighted by atomic mass is 10.2. The molecule has 0 saturated heterocycles. The molecule has 0 aliphatic rings. The van der Waals surface area contributed by atoms with Crippen molar-refractivity contribution in [2.75, 3.05) is 0 Å². The molecular weight excluding hydrogens is 206 g/mol. The van der Waals surface area contributed by atoms with Gasteiger partial charge in [-0.15, -0.1) is 11.3 Å². The standard InChI is InChI=1S/C12H13NOS/c1-8(2)11-7-13-12(15-11)9-3-5-10(14)6-4-9/h3-8,14H,1-2H3. The van der Waals surface area contributed by atoms with Crippen molar-refractivity contribution >= 4 is 11.3 Å². The Labute approximate surface area is 93.2 Å². The summed E-state index contributed by atoms with van der Waals surface area (Å²) in [4.78, 5) is 5.66. The number of nitrogens with zero attached hydrogens (tertiary/aromatic N) is 1. The van der Waals surface area contributed by atoms with Gasteiger partial charge in [-0.25, -0.2) is 4.98 Å². The van der Waals surface area contributed by atoms with E-state index in [1.165, 1.54) is 4.88 Å². The molecule has 2 nitrogen and oxygen atoms in total. The predicted molar refractivity (Wildman–Crippen MR) is 63.3 cm³/mol. The topological polar surface area (TPSA) is 33.1 Å². The number of benzene rings is 1. The first-order chi connectivity index (χ1) is 7.16. The van der Waals surface area contributed by atoms with E-state index in [9.17, 15) is 5.11 Å². The van der Waals surface area contributed by atoms with Gasteiger partial charge in [0.15, 0.2) is 0 Å². The fraction of sp³-hybridized carbons (Fsp3) is 0.250. The molecular formula is C12H13NOS. The maximum Gasteiger partial charge on any atom is 0.123 e. The molecule has 0 aliphatic carbocycles. The fourth-order valence-electron chi connectivity index (χ4n) is 1.29. The Kier molecular flexibility index (Phi) is 2.73. The Hall–Kier alpha value is -1.35. The van der Waals surface area contributed by atoms with Gasteiger partial charge in [0, 0.05) is 16.6 Å². The van der Waals surface area contributed by atoms with E-state index in [1.54, 1.807) is 23.5 Å². The average molecular weight is 219 g/mol. The number of aromatic hydroxyl groups is 1. The van der Waals surface area contributed by atoms with Crippen LogP contribution in [0.1, 0.15) is 24.6 Å². The molecule has 1 heterocycles. The van der Waals surface area contributed by atoms with Gasteiger partial charge >= 0.3 is 0 Å². The summed E-state index contributed by atoms with van der Waals surface area (Å²) in [6.45, 7) is 4.32. The molecule has 78 valence electrons. The van der Waals surface area contributed by atoms with Crippen molar-refractivity contribution in [1.29, 1.82) is 0 Å². The smallest absolute Gasteiger partial charge is 0.123 e. The molecule has 2 aromatic rings. The maximum absolute atomic E-state index is 9.18. The molecule has 0 aliphatic heterocycles. The fourth-order valence-corrected chi connectivity index (χ4v) is 2.21. The van der Waals surface area contributed by atoms with Gasteiger partial charge in [0.2, 0.25) is 0 Å².